The van der Waals surface area contributed by atoms with Crippen LogP contribution in [0.4, 0.5) is 0 Å². The van der Waals surface area contributed by atoms with E-state index in [0.717, 1.165) is 0 Å². The largest absolute Gasteiger partial charge is 0.368 e. The molecule has 0 saturated heterocycles. The topological polar surface area (TPSA) is 464 Å². The first-order valence-corrected chi connectivity index (χ1v) is 34.5. The molecule has 0 aromatic carbocycles. The zero-order valence-corrected chi connectivity index (χ0v) is 59.1. The molecule has 11 atom stereocenters. The molecule has 538 valence electrons. The van der Waals surface area contributed by atoms with Gasteiger partial charge in [-0.3, -0.25) is 52.7 Å². The monoisotopic (exact) mass is 1320 g/mol. The lowest BCUT2D eigenvalue weighted by Crippen LogP contribution is -2.61. The summed E-state index contributed by atoms with van der Waals surface area (Å²) in [6.45, 7) is 27.5. The van der Waals surface area contributed by atoms with Crippen molar-refractivity contribution in [1.82, 2.24) is 53.2 Å². The maximum atomic E-state index is 14.6. The van der Waals surface area contributed by atoms with Crippen molar-refractivity contribution in [3.8, 4) is 0 Å². The fourth-order valence-electron chi connectivity index (χ4n) is 10.6. The van der Waals surface area contributed by atoms with Gasteiger partial charge in [-0.1, -0.05) is 103 Å². The van der Waals surface area contributed by atoms with Crippen LogP contribution >= 0.6 is 0 Å². The first kappa shape index (κ1) is 87.0. The predicted molar refractivity (Wildman–Crippen MR) is 364 cm³/mol. The van der Waals surface area contributed by atoms with E-state index < -0.39 is 131 Å². The summed E-state index contributed by atoms with van der Waals surface area (Å²) < 4.78 is 0. The van der Waals surface area contributed by atoms with Crippen molar-refractivity contribution in [3.05, 3.63) is 0 Å². The summed E-state index contributed by atoms with van der Waals surface area (Å²) >= 11 is 0. The summed E-state index contributed by atoms with van der Waals surface area (Å²) in [7, 11) is 0. The molecule has 0 aromatic rings. The van der Waals surface area contributed by atoms with Crippen LogP contribution in [0.15, 0.2) is 0 Å². The lowest BCUT2D eigenvalue weighted by molar-refractivity contribution is -0.136. The number of carbonyl (C=O) groups excluding carboxylic acids is 11. The van der Waals surface area contributed by atoms with Crippen molar-refractivity contribution in [1.29, 1.82) is 0 Å². The Kier molecular flexibility index (Phi) is 44.7. The summed E-state index contributed by atoms with van der Waals surface area (Å²) in [6, 6.07) is -12.3. The summed E-state index contributed by atoms with van der Waals surface area (Å²) in [5.41, 5.74) is 34.9. The fraction of sp³-hybridized carbons (Fsp3) is 0.833. The smallest absolute Gasteiger partial charge is 0.243 e. The van der Waals surface area contributed by atoms with Crippen LogP contribution in [0.2, 0.25) is 0 Å². The van der Waals surface area contributed by atoms with Gasteiger partial charge in [0, 0.05) is 0 Å². The molecule has 0 saturated carbocycles. The molecule has 0 radical (unpaired) electrons. The van der Waals surface area contributed by atoms with Gasteiger partial charge < -0.3 is 87.6 Å². The quantitative estimate of drug-likeness (QED) is 0.0384. The minimum absolute atomic E-state index is 0.0280. The molecular formula is C66H128N16O11. The number of amides is 11. The summed E-state index contributed by atoms with van der Waals surface area (Å²) in [4.78, 5) is 154. The molecule has 0 heterocycles. The Morgan fingerprint density at radius 3 is 0.591 bits per heavy atom. The highest BCUT2D eigenvalue weighted by molar-refractivity contribution is 5.99. The highest BCUT2D eigenvalue weighted by atomic mass is 16.2. The second-order valence-corrected chi connectivity index (χ2v) is 28.2. The van der Waals surface area contributed by atoms with E-state index in [2.05, 4.69) is 53.2 Å². The average molecular weight is 1320 g/mol. The first-order chi connectivity index (χ1) is 43.6. The zero-order valence-electron chi connectivity index (χ0n) is 59.1. The molecule has 11 amide bonds. The van der Waals surface area contributed by atoms with E-state index in [-0.39, 0.29) is 112 Å². The Hall–Kier alpha value is -6.03. The molecule has 22 N–H and O–H groups in total. The third-order valence-corrected chi connectivity index (χ3v) is 15.5. The van der Waals surface area contributed by atoms with Crippen LogP contribution < -0.4 is 87.6 Å². The fourth-order valence-corrected chi connectivity index (χ4v) is 10.6. The Morgan fingerprint density at radius 1 is 0.237 bits per heavy atom. The molecule has 0 fully saturated rings. The van der Waals surface area contributed by atoms with E-state index in [1.54, 1.807) is 0 Å². The van der Waals surface area contributed by atoms with Crippen molar-refractivity contribution < 1.29 is 52.7 Å². The van der Waals surface area contributed by atoms with Gasteiger partial charge in [-0.15, -0.1) is 0 Å². The van der Waals surface area contributed by atoms with Gasteiger partial charge in [-0.2, -0.15) is 0 Å². The van der Waals surface area contributed by atoms with Crippen LogP contribution in [0.1, 0.15) is 219 Å². The summed E-state index contributed by atoms with van der Waals surface area (Å²) in [5.74, 6) is -7.99. The number of carbonyl (C=O) groups is 11. The maximum absolute atomic E-state index is 14.6. The molecule has 0 aliphatic carbocycles. The Labute approximate surface area is 556 Å². The number of nitrogens with two attached hydrogens (primary N) is 6. The molecule has 0 aliphatic heterocycles. The molecule has 27 heteroatoms. The maximum Gasteiger partial charge on any atom is 0.243 e. The van der Waals surface area contributed by atoms with E-state index in [1.165, 1.54) is 0 Å². The van der Waals surface area contributed by atoms with E-state index in [9.17, 15) is 52.7 Å². The van der Waals surface area contributed by atoms with Gasteiger partial charge in [0.1, 0.15) is 60.4 Å². The van der Waals surface area contributed by atoms with E-state index in [0.29, 0.717) is 77.4 Å². The van der Waals surface area contributed by atoms with Gasteiger partial charge in [-0.05, 0) is 183 Å². The molecule has 0 spiro atoms. The van der Waals surface area contributed by atoms with Gasteiger partial charge >= 0.3 is 0 Å². The van der Waals surface area contributed by atoms with Crippen LogP contribution in [0.5, 0.6) is 0 Å². The van der Waals surface area contributed by atoms with Crippen molar-refractivity contribution in [2.75, 3.05) is 26.2 Å². The second kappa shape index (κ2) is 47.8. The van der Waals surface area contributed by atoms with Crippen molar-refractivity contribution in [3.63, 3.8) is 0 Å². The average Bonchev–Trinajstić information content (AvgIpc) is 0.997. The van der Waals surface area contributed by atoms with E-state index in [1.807, 2.05) is 96.9 Å². The molecule has 0 bridgehead atoms. The second-order valence-electron chi connectivity index (χ2n) is 28.2. The normalized spacial score (nSPS) is 15.2. The number of rotatable bonds is 51. The van der Waals surface area contributed by atoms with Crippen LogP contribution in [-0.2, 0) is 52.7 Å². The van der Waals surface area contributed by atoms with Gasteiger partial charge in [-0.25, -0.2) is 0 Å². The van der Waals surface area contributed by atoms with Crippen molar-refractivity contribution in [2.24, 2.45) is 75.8 Å². The van der Waals surface area contributed by atoms with Crippen LogP contribution in [0.25, 0.3) is 0 Å². The van der Waals surface area contributed by atoms with E-state index in [4.69, 9.17) is 34.4 Å². The molecule has 93 heavy (non-hydrogen) atoms. The SMILES string of the molecule is CC(C)C[C@H](NC(=O)[C@H](CCCCN)NC(=O)[C@H](CC(C)C)NC(=O)[C@H](CC(C)C)NC(=O)[C@@H](CCCCN)NC(=O)[C@H](CC(C)C)NC(=O)[C@H](CC(C)C)NC(=O)[C@@H](CCCCN)NC(=O)[C@H](N)CCCCN)C(=O)N[C@@H](CC(C)C)C(=O)N[C@H](CC(C)C)C(N)=O. The number of unbranched alkanes of at least 4 members (excludes halogenated alkanes) is 4. The number of hydrogen-bond acceptors (Lipinski definition) is 16. The lowest BCUT2D eigenvalue weighted by atomic mass is 9.98. The van der Waals surface area contributed by atoms with Gasteiger partial charge in [0.15, 0.2) is 0 Å². The first-order valence-electron chi connectivity index (χ1n) is 34.5. The predicted octanol–water partition coefficient (Wildman–Crippen LogP) is 1.49. The third-order valence-electron chi connectivity index (χ3n) is 15.5. The van der Waals surface area contributed by atoms with Crippen LogP contribution in [0.3, 0.4) is 0 Å². The summed E-state index contributed by atoms with van der Waals surface area (Å²) in [6.07, 6.45) is 6.18. The number of hydrogen-bond donors (Lipinski definition) is 16. The van der Waals surface area contributed by atoms with Crippen molar-refractivity contribution >= 4 is 65.0 Å². The van der Waals surface area contributed by atoms with Crippen LogP contribution in [-0.4, -0.2) is 158 Å². The zero-order chi connectivity index (χ0) is 71.1. The number of primary amides is 1. The number of nitrogens with one attached hydrogen (secondary N) is 10. The highest BCUT2D eigenvalue weighted by Crippen LogP contribution is 2.17. The molecule has 0 aromatic heterocycles. The lowest BCUT2D eigenvalue weighted by Gasteiger charge is -2.30. The Balaban J connectivity index is 7.03. The molecule has 0 aliphatic rings. The minimum Gasteiger partial charge on any atom is -0.368 e. The van der Waals surface area contributed by atoms with Gasteiger partial charge in [0.05, 0.1) is 6.04 Å². The molecule has 0 unspecified atom stereocenters. The summed E-state index contributed by atoms with van der Waals surface area (Å²) in [5, 5.41) is 28.1. The van der Waals surface area contributed by atoms with E-state index >= 15 is 0 Å². The third kappa shape index (κ3) is 38.2. The van der Waals surface area contributed by atoms with Gasteiger partial charge in [0.2, 0.25) is 65.0 Å². The molecule has 0 rings (SSSR count). The Morgan fingerprint density at radius 2 is 0.398 bits per heavy atom. The highest BCUT2D eigenvalue weighted by Gasteiger charge is 2.37. The molecular weight excluding hydrogens is 1190 g/mol. The minimum atomic E-state index is -1.23. The standard InChI is InChI=1S/C66H128N16O11/c1-38(2)31-49(56(72)83)76-63(90)52(34-41(7)8)82-66(93)55(37-44(13)14)79-60(87)48(26-18-22-30-70)75-62(89)51(33-40(5)6)81-65(92)54(36-43(11)12)78-59(86)47(25-17-21-29-69)74-61(88)50(32-39(3)4)80-64(91)53(35-42(9)10)77-58(85)46(24-16-20-28-68)73-57(84)45(71)23-15-19-27-67/h38-55H,15-37,67-71H2,1-14H3,(H2,72,83)(H,73,84)(H,74,88)(H,75,89)(H,76,90)(H,77,85)(H,78,86)(H,79,87)(H,80,91)(H,81,92)(H,82,93)/t45-,46-,47-,48+,49-,50+,51+,52+,53+,54+,55+/m1/s1. The van der Waals surface area contributed by atoms with Gasteiger partial charge in [0.25, 0.3) is 0 Å². The molecule has 27 nitrogen and oxygen atoms in total. The van der Waals surface area contributed by atoms with Crippen LogP contribution in [0, 0.1) is 41.4 Å². The Bertz CT molecular complexity index is 2270. The van der Waals surface area contributed by atoms with Crippen molar-refractivity contribution in [2.45, 2.75) is 285 Å².